The monoisotopic (exact) mass is 320 g/mol. The minimum Gasteiger partial charge on any atom is -0.327 e. The molecule has 0 atom stereocenters. The molecule has 18 heavy (non-hydrogen) atoms. The molecule has 5 heteroatoms. The maximum atomic E-state index is 11.0. The minimum atomic E-state index is 0.689. The fourth-order valence-electron chi connectivity index (χ4n) is 1.97. The van der Waals surface area contributed by atoms with Gasteiger partial charge in [0.15, 0.2) is 6.29 Å². The van der Waals surface area contributed by atoms with Gasteiger partial charge in [0.1, 0.15) is 5.65 Å². The number of aromatic nitrogens is 2. The molecule has 0 aromatic carbocycles. The van der Waals surface area contributed by atoms with E-state index in [4.69, 9.17) is 0 Å². The first kappa shape index (κ1) is 11.6. The summed E-state index contributed by atoms with van der Waals surface area (Å²) < 4.78 is 3.12. The van der Waals surface area contributed by atoms with Crippen molar-refractivity contribution in [3.05, 3.63) is 50.9 Å². The first-order chi connectivity index (χ1) is 8.78. The van der Waals surface area contributed by atoms with Crippen LogP contribution in [0.1, 0.15) is 15.2 Å². The molecule has 0 aliphatic carbocycles. The van der Waals surface area contributed by atoms with Crippen LogP contribution in [0, 0.1) is 0 Å². The van der Waals surface area contributed by atoms with E-state index in [0.29, 0.717) is 5.56 Å². The Morgan fingerprint density at radius 2 is 2.28 bits per heavy atom. The molecule has 90 valence electrons. The number of halogens is 1. The van der Waals surface area contributed by atoms with Crippen molar-refractivity contribution in [3.63, 3.8) is 0 Å². The number of pyridine rings is 1. The minimum absolute atomic E-state index is 0.689. The van der Waals surface area contributed by atoms with Crippen LogP contribution < -0.4 is 0 Å². The highest BCUT2D eigenvalue weighted by atomic mass is 79.9. The Kier molecular flexibility index (Phi) is 3.01. The van der Waals surface area contributed by atoms with Crippen molar-refractivity contribution < 1.29 is 4.79 Å². The van der Waals surface area contributed by atoms with Crippen LogP contribution in [0.4, 0.5) is 0 Å². The van der Waals surface area contributed by atoms with Crippen molar-refractivity contribution in [2.45, 2.75) is 6.54 Å². The van der Waals surface area contributed by atoms with E-state index in [1.165, 1.54) is 4.88 Å². The molecule has 0 saturated carbocycles. The van der Waals surface area contributed by atoms with E-state index < -0.39 is 0 Å². The number of carbonyl (C=O) groups excluding carboxylic acids is 1. The van der Waals surface area contributed by atoms with Crippen molar-refractivity contribution in [1.29, 1.82) is 0 Å². The molecule has 3 rings (SSSR count). The second-order valence-corrected chi connectivity index (χ2v) is 6.46. The summed E-state index contributed by atoms with van der Waals surface area (Å²) in [6, 6.07) is 7.87. The molecule has 0 bridgehead atoms. The van der Waals surface area contributed by atoms with Crippen LogP contribution in [0.15, 0.2) is 40.4 Å². The van der Waals surface area contributed by atoms with Gasteiger partial charge in [-0.2, -0.15) is 0 Å². The number of aldehydes is 1. The van der Waals surface area contributed by atoms with Gasteiger partial charge < -0.3 is 4.57 Å². The molecule has 0 aliphatic rings. The second kappa shape index (κ2) is 4.66. The molecule has 3 aromatic heterocycles. The first-order valence-electron chi connectivity index (χ1n) is 5.41. The Labute approximate surface area is 116 Å². The molecule has 3 nitrogen and oxygen atoms in total. The van der Waals surface area contributed by atoms with Crippen LogP contribution in [0.2, 0.25) is 0 Å². The largest absolute Gasteiger partial charge is 0.327 e. The van der Waals surface area contributed by atoms with Gasteiger partial charge in [-0.25, -0.2) is 4.98 Å². The van der Waals surface area contributed by atoms with Crippen LogP contribution in [0.3, 0.4) is 0 Å². The molecule has 0 spiro atoms. The van der Waals surface area contributed by atoms with Gasteiger partial charge in [-0.3, -0.25) is 4.79 Å². The molecule has 3 aromatic rings. The summed E-state index contributed by atoms with van der Waals surface area (Å²) in [6.07, 6.45) is 4.49. The van der Waals surface area contributed by atoms with Crippen molar-refractivity contribution in [1.82, 2.24) is 9.55 Å². The van der Waals surface area contributed by atoms with Gasteiger partial charge in [-0.1, -0.05) is 0 Å². The van der Waals surface area contributed by atoms with Crippen LogP contribution >= 0.6 is 27.3 Å². The summed E-state index contributed by atoms with van der Waals surface area (Å²) in [5.41, 5.74) is 1.54. The van der Waals surface area contributed by atoms with Crippen molar-refractivity contribution >= 4 is 44.6 Å². The van der Waals surface area contributed by atoms with Crippen molar-refractivity contribution in [2.24, 2.45) is 0 Å². The lowest BCUT2D eigenvalue weighted by molar-refractivity contribution is 0.112. The van der Waals surface area contributed by atoms with Crippen molar-refractivity contribution in [3.8, 4) is 0 Å². The van der Waals surface area contributed by atoms with Gasteiger partial charge >= 0.3 is 0 Å². The summed E-state index contributed by atoms with van der Waals surface area (Å²) in [7, 11) is 0. The maximum Gasteiger partial charge on any atom is 0.152 e. The third kappa shape index (κ3) is 2.00. The van der Waals surface area contributed by atoms with Gasteiger partial charge in [-0.15, -0.1) is 11.3 Å². The molecular formula is C13H9BrN2OS. The summed E-state index contributed by atoms with van der Waals surface area (Å²) in [5.74, 6) is 0. The predicted molar refractivity (Wildman–Crippen MR) is 76.2 cm³/mol. The zero-order valence-electron chi connectivity index (χ0n) is 9.34. The number of hydrogen-bond acceptors (Lipinski definition) is 3. The van der Waals surface area contributed by atoms with E-state index in [9.17, 15) is 4.79 Å². The number of rotatable bonds is 3. The van der Waals surface area contributed by atoms with Gasteiger partial charge in [0.25, 0.3) is 0 Å². The Balaban J connectivity index is 2.09. The summed E-state index contributed by atoms with van der Waals surface area (Å²) in [4.78, 5) is 16.6. The van der Waals surface area contributed by atoms with E-state index in [1.54, 1.807) is 17.5 Å². The fraction of sp³-hybridized carbons (Fsp3) is 0.0769. The Morgan fingerprint density at radius 3 is 3.00 bits per heavy atom. The molecule has 0 amide bonds. The van der Waals surface area contributed by atoms with Gasteiger partial charge in [0.2, 0.25) is 0 Å². The lowest BCUT2D eigenvalue weighted by atomic mass is 10.2. The molecule has 0 N–H and O–H groups in total. The number of thiophene rings is 1. The normalized spacial score (nSPS) is 10.9. The Bertz CT molecular complexity index is 717. The molecular weight excluding hydrogens is 312 g/mol. The number of nitrogens with zero attached hydrogens (tertiary/aromatic N) is 2. The highest BCUT2D eigenvalue weighted by Crippen LogP contribution is 2.25. The zero-order valence-corrected chi connectivity index (χ0v) is 11.7. The zero-order chi connectivity index (χ0) is 12.5. The van der Waals surface area contributed by atoms with E-state index >= 15 is 0 Å². The Morgan fingerprint density at radius 1 is 1.39 bits per heavy atom. The molecule has 0 aliphatic heterocycles. The summed E-state index contributed by atoms with van der Waals surface area (Å²) in [5, 5.41) is 0.906. The van der Waals surface area contributed by atoms with E-state index in [-0.39, 0.29) is 0 Å². The topological polar surface area (TPSA) is 34.9 Å². The second-order valence-electron chi connectivity index (χ2n) is 3.91. The molecule has 0 saturated heterocycles. The third-order valence-corrected chi connectivity index (χ3v) is 4.36. The standard InChI is InChI=1S/C13H9BrN2OS/c14-12-4-3-10(18-12)7-16-6-9(8-17)11-2-1-5-15-13(11)16/h1-6,8H,7H2. The number of carbonyl (C=O) groups is 1. The van der Waals surface area contributed by atoms with Crippen molar-refractivity contribution in [2.75, 3.05) is 0 Å². The van der Waals surface area contributed by atoms with E-state index in [2.05, 4.69) is 27.0 Å². The number of hydrogen-bond donors (Lipinski definition) is 0. The highest BCUT2D eigenvalue weighted by Gasteiger charge is 2.09. The molecule has 0 radical (unpaired) electrons. The Hall–Kier alpha value is -1.46. The van der Waals surface area contributed by atoms with E-state index in [1.807, 2.05) is 29.0 Å². The summed E-state index contributed by atoms with van der Waals surface area (Å²) >= 11 is 5.14. The average molecular weight is 321 g/mol. The predicted octanol–water partition coefficient (Wildman–Crippen LogP) is 3.72. The molecule has 0 unspecified atom stereocenters. The van der Waals surface area contributed by atoms with Gasteiger partial charge in [0, 0.05) is 28.2 Å². The van der Waals surface area contributed by atoms with Gasteiger partial charge in [-0.05, 0) is 40.2 Å². The summed E-state index contributed by atoms with van der Waals surface area (Å²) in [6.45, 7) is 0.734. The lowest BCUT2D eigenvalue weighted by Crippen LogP contribution is -1.96. The van der Waals surface area contributed by atoms with E-state index in [0.717, 1.165) is 27.7 Å². The van der Waals surface area contributed by atoms with Crippen LogP contribution in [-0.4, -0.2) is 15.8 Å². The van der Waals surface area contributed by atoms with Crippen LogP contribution in [0.5, 0.6) is 0 Å². The smallest absolute Gasteiger partial charge is 0.152 e. The number of fused-ring (bicyclic) bond motifs is 1. The average Bonchev–Trinajstić information content (AvgIpc) is 2.95. The highest BCUT2D eigenvalue weighted by molar-refractivity contribution is 9.11. The third-order valence-electron chi connectivity index (χ3n) is 2.75. The van der Waals surface area contributed by atoms with Gasteiger partial charge in [0.05, 0.1) is 10.3 Å². The molecule has 3 heterocycles. The quantitative estimate of drug-likeness (QED) is 0.689. The van der Waals surface area contributed by atoms with Crippen LogP contribution in [-0.2, 0) is 6.54 Å². The van der Waals surface area contributed by atoms with Crippen LogP contribution in [0.25, 0.3) is 11.0 Å². The molecule has 0 fully saturated rings. The maximum absolute atomic E-state index is 11.0. The lowest BCUT2D eigenvalue weighted by Gasteiger charge is -2.01. The first-order valence-corrected chi connectivity index (χ1v) is 7.02. The fourth-order valence-corrected chi connectivity index (χ4v) is 3.45. The SMILES string of the molecule is O=Cc1cn(Cc2ccc(Br)s2)c2ncccc12.